The fourth-order valence-electron chi connectivity index (χ4n) is 8.28. The predicted molar refractivity (Wildman–Crippen MR) is 182 cm³/mol. The molecule has 11 heteroatoms. The van der Waals surface area contributed by atoms with Gasteiger partial charge in [-0.05, 0) is 111 Å². The molecular weight excluding hydrogens is 638 g/mol. The van der Waals surface area contributed by atoms with E-state index in [0.717, 1.165) is 93.8 Å². The van der Waals surface area contributed by atoms with Crippen LogP contribution in [0.15, 0.2) is 36.4 Å². The van der Waals surface area contributed by atoms with E-state index in [4.69, 9.17) is 25.8 Å². The second-order valence-electron chi connectivity index (χ2n) is 14.4. The van der Waals surface area contributed by atoms with Gasteiger partial charge in [0, 0.05) is 42.7 Å². The third-order valence-electron chi connectivity index (χ3n) is 11.5. The SMILES string of the molecule is C[C@@H]1[C@@H](C)CCC[C@@H]([C@@H]2O[C@H]3CNC[C@H]3O2)[C@@H]2CC[C@H]2CN2CCCCc3cc(Cl)ccc3COc3ccc(cc32)C(=O)NS1(=O)=O. The van der Waals surface area contributed by atoms with Crippen molar-refractivity contribution in [2.75, 3.05) is 31.1 Å². The number of nitrogens with zero attached hydrogens (tertiary/aromatic N) is 1. The number of fused-ring (bicyclic) bond motifs is 4. The largest absolute Gasteiger partial charge is 0.487 e. The predicted octanol–water partition coefficient (Wildman–Crippen LogP) is 5.69. The van der Waals surface area contributed by atoms with Crippen molar-refractivity contribution in [3.8, 4) is 5.75 Å². The van der Waals surface area contributed by atoms with E-state index in [9.17, 15) is 13.2 Å². The monoisotopic (exact) mass is 685 g/mol. The van der Waals surface area contributed by atoms with E-state index in [0.29, 0.717) is 29.8 Å². The Morgan fingerprint density at radius 1 is 0.894 bits per heavy atom. The van der Waals surface area contributed by atoms with Gasteiger partial charge in [0.05, 0.1) is 10.9 Å². The number of benzene rings is 2. The zero-order chi connectivity index (χ0) is 32.7. The van der Waals surface area contributed by atoms with Crippen LogP contribution in [0.1, 0.15) is 80.3 Å². The Bertz CT molecular complexity index is 1560. The molecule has 8 atom stereocenters. The summed E-state index contributed by atoms with van der Waals surface area (Å²) in [7, 11) is -3.90. The second kappa shape index (κ2) is 13.9. The topological polar surface area (TPSA) is 106 Å². The molecule has 2 aromatic rings. The van der Waals surface area contributed by atoms with Crippen LogP contribution in [0.2, 0.25) is 5.02 Å². The van der Waals surface area contributed by atoms with Gasteiger partial charge in [-0.25, -0.2) is 13.1 Å². The Labute approximate surface area is 284 Å². The number of nitrogens with one attached hydrogen (secondary N) is 2. The van der Waals surface area contributed by atoms with E-state index >= 15 is 0 Å². The first-order valence-corrected chi connectivity index (χ1v) is 19.5. The third-order valence-corrected chi connectivity index (χ3v) is 13.7. The number of hydrogen-bond acceptors (Lipinski definition) is 8. The molecule has 5 aliphatic rings. The van der Waals surface area contributed by atoms with Crippen LogP contribution in [0.4, 0.5) is 5.69 Å². The minimum absolute atomic E-state index is 0.0963. The van der Waals surface area contributed by atoms with Gasteiger partial charge in [0.15, 0.2) is 6.29 Å². The van der Waals surface area contributed by atoms with Crippen molar-refractivity contribution in [2.45, 2.75) is 95.6 Å². The van der Waals surface area contributed by atoms with Crippen LogP contribution >= 0.6 is 11.6 Å². The maximum absolute atomic E-state index is 13.5. The molecule has 3 fully saturated rings. The number of rotatable bonds is 1. The molecule has 256 valence electrons. The number of carbonyl (C=O) groups is 1. The molecular formula is C36H48ClN3O6S. The first-order chi connectivity index (χ1) is 22.7. The van der Waals surface area contributed by atoms with E-state index < -0.39 is 21.2 Å². The highest BCUT2D eigenvalue weighted by atomic mass is 35.5. The molecule has 2 aromatic carbocycles. The van der Waals surface area contributed by atoms with Gasteiger partial charge in [-0.1, -0.05) is 31.0 Å². The molecule has 0 aromatic heterocycles. The highest BCUT2D eigenvalue weighted by molar-refractivity contribution is 7.90. The number of anilines is 1. The minimum Gasteiger partial charge on any atom is -0.487 e. The fraction of sp³-hybridized carbons (Fsp3) is 0.639. The average molecular weight is 686 g/mol. The lowest BCUT2D eigenvalue weighted by Gasteiger charge is -2.46. The Hall–Kier alpha value is -2.37. The van der Waals surface area contributed by atoms with Crippen LogP contribution in [0.3, 0.4) is 0 Å². The summed E-state index contributed by atoms with van der Waals surface area (Å²) in [5.74, 6) is 1.10. The van der Waals surface area contributed by atoms with Crippen molar-refractivity contribution in [2.24, 2.45) is 23.7 Å². The number of sulfonamides is 1. The zero-order valence-electron chi connectivity index (χ0n) is 27.5. The molecule has 47 heavy (non-hydrogen) atoms. The number of amides is 1. The van der Waals surface area contributed by atoms with Gasteiger partial charge >= 0.3 is 0 Å². The number of hydrogen-bond donors (Lipinski definition) is 2. The molecule has 7 rings (SSSR count). The summed E-state index contributed by atoms with van der Waals surface area (Å²) in [5, 5.41) is 3.39. The summed E-state index contributed by atoms with van der Waals surface area (Å²) in [6.45, 7) is 7.32. The number of halogens is 1. The molecule has 0 unspecified atom stereocenters. The van der Waals surface area contributed by atoms with Crippen LogP contribution < -0.4 is 19.7 Å². The Morgan fingerprint density at radius 2 is 1.70 bits per heavy atom. The highest BCUT2D eigenvalue weighted by Crippen LogP contribution is 2.47. The van der Waals surface area contributed by atoms with Crippen molar-refractivity contribution < 1.29 is 27.4 Å². The van der Waals surface area contributed by atoms with E-state index in [-0.39, 0.29) is 30.3 Å². The molecule has 1 amide bonds. The van der Waals surface area contributed by atoms with E-state index in [2.05, 4.69) is 14.9 Å². The molecule has 9 nitrogen and oxygen atoms in total. The molecule has 1 aliphatic carbocycles. The van der Waals surface area contributed by atoms with Gasteiger partial charge in [0.25, 0.3) is 5.91 Å². The quantitative estimate of drug-likeness (QED) is 0.395. The van der Waals surface area contributed by atoms with Gasteiger partial charge in [-0.15, -0.1) is 0 Å². The number of carbonyl (C=O) groups excluding carboxylic acids is 1. The summed E-state index contributed by atoms with van der Waals surface area (Å²) in [5.41, 5.74) is 3.43. The molecule has 2 saturated heterocycles. The number of ether oxygens (including phenoxy) is 3. The molecule has 2 N–H and O–H groups in total. The van der Waals surface area contributed by atoms with Gasteiger partial charge < -0.3 is 24.4 Å². The molecule has 0 radical (unpaired) electrons. The van der Waals surface area contributed by atoms with Gasteiger partial charge in [0.1, 0.15) is 24.6 Å². The van der Waals surface area contributed by atoms with E-state index in [1.807, 2.05) is 37.3 Å². The van der Waals surface area contributed by atoms with Crippen LogP contribution in [0, 0.1) is 23.7 Å². The molecule has 1 saturated carbocycles. The average Bonchev–Trinajstić information content (AvgIpc) is 3.64. The van der Waals surface area contributed by atoms with Crippen molar-refractivity contribution in [3.63, 3.8) is 0 Å². The van der Waals surface area contributed by atoms with Gasteiger partial charge in [0.2, 0.25) is 10.0 Å². The molecule has 0 spiro atoms. The van der Waals surface area contributed by atoms with Crippen molar-refractivity contribution >= 4 is 33.2 Å². The standard InChI is InChI=1S/C36H48ClN3O6S/c1-22-6-5-8-30(36-45-33-18-38-19-34(33)46-36)29-13-10-26(29)20-40-15-4-3-7-24-16-28(37)12-9-27(24)21-44-32-14-11-25(17-31(32)40)35(41)39-47(42,43)23(22)2/h9,11-12,14,16-17,22-23,26,29-30,33-34,36,38H,3-8,10,13,15,18-21H2,1-2H3,(H,39,41)/t22-,23+,26-,29+,30+,33-,34+,36+/m0/s1. The summed E-state index contributed by atoms with van der Waals surface area (Å²) < 4.78 is 48.9. The smallest absolute Gasteiger partial charge is 0.264 e. The number of aryl methyl sites for hydroxylation is 1. The summed E-state index contributed by atoms with van der Waals surface area (Å²) in [4.78, 5) is 15.9. The second-order valence-corrected chi connectivity index (χ2v) is 16.9. The maximum atomic E-state index is 13.5. The van der Waals surface area contributed by atoms with E-state index in [1.54, 1.807) is 13.0 Å². The minimum atomic E-state index is -3.90. The van der Waals surface area contributed by atoms with Crippen molar-refractivity contribution in [1.29, 1.82) is 0 Å². The lowest BCUT2D eigenvalue weighted by Crippen LogP contribution is -2.45. The summed E-state index contributed by atoms with van der Waals surface area (Å²) in [6.07, 6.45) is 7.63. The lowest BCUT2D eigenvalue weighted by molar-refractivity contribution is -0.141. The summed E-state index contributed by atoms with van der Waals surface area (Å²) in [6, 6.07) is 11.3. The van der Waals surface area contributed by atoms with Crippen molar-refractivity contribution in [1.82, 2.24) is 10.0 Å². The van der Waals surface area contributed by atoms with Crippen molar-refractivity contribution in [3.05, 3.63) is 58.1 Å². The maximum Gasteiger partial charge on any atom is 0.264 e. The Balaban J connectivity index is 1.24. The van der Waals surface area contributed by atoms with Crippen LogP contribution in [-0.4, -0.2) is 64.3 Å². The first-order valence-electron chi connectivity index (χ1n) is 17.5. The lowest BCUT2D eigenvalue weighted by atomic mass is 9.65. The Kier molecular flexibility index (Phi) is 9.77. The van der Waals surface area contributed by atoms with Crippen LogP contribution in [0.25, 0.3) is 0 Å². The van der Waals surface area contributed by atoms with E-state index in [1.165, 1.54) is 5.56 Å². The third kappa shape index (κ3) is 7.04. The Morgan fingerprint density at radius 3 is 2.47 bits per heavy atom. The normalized spacial score (nSPS) is 34.4. The molecule has 2 bridgehead atoms. The van der Waals surface area contributed by atoms with Crippen LogP contribution in [-0.2, 0) is 32.5 Å². The highest BCUT2D eigenvalue weighted by Gasteiger charge is 2.48. The van der Waals surface area contributed by atoms with Gasteiger partial charge in [-0.2, -0.15) is 0 Å². The van der Waals surface area contributed by atoms with Crippen LogP contribution in [0.5, 0.6) is 5.75 Å². The molecule has 4 heterocycles. The van der Waals surface area contributed by atoms with Gasteiger partial charge in [-0.3, -0.25) is 4.79 Å². The fourth-order valence-corrected chi connectivity index (χ4v) is 9.78. The molecule has 4 aliphatic heterocycles. The zero-order valence-corrected chi connectivity index (χ0v) is 29.0. The first kappa shape index (κ1) is 33.1. The summed E-state index contributed by atoms with van der Waals surface area (Å²) >= 11 is 6.37.